The van der Waals surface area contributed by atoms with Gasteiger partial charge in [0.2, 0.25) is 5.91 Å². The van der Waals surface area contributed by atoms with E-state index >= 15 is 0 Å². The van der Waals surface area contributed by atoms with Crippen molar-refractivity contribution >= 4 is 23.3 Å². The summed E-state index contributed by atoms with van der Waals surface area (Å²) in [6, 6.07) is 12.7. The standard InChI is InChI=1S/C21H25FN4O2/c22-17-4-1-5-19(12-17)25-21(28)24-13-16-3-2-10-26(14-16)20(27)11-15-6-8-18(23)9-7-15/h1,4-9,12,16H,2-3,10-11,13-14,23H2,(H2,24,25,28). The fraction of sp³-hybridized carbons (Fsp3) is 0.333. The summed E-state index contributed by atoms with van der Waals surface area (Å²) in [5.41, 5.74) is 7.70. The molecule has 0 bridgehead atoms. The number of nitrogen functional groups attached to an aromatic ring is 1. The molecule has 1 aliphatic heterocycles. The molecule has 0 aliphatic carbocycles. The molecule has 3 amide bonds. The highest BCUT2D eigenvalue weighted by molar-refractivity contribution is 5.89. The third-order valence-corrected chi connectivity index (χ3v) is 4.84. The largest absolute Gasteiger partial charge is 0.399 e. The van der Waals surface area contributed by atoms with E-state index in [-0.39, 0.29) is 17.9 Å². The molecule has 1 saturated heterocycles. The number of nitrogens with one attached hydrogen (secondary N) is 2. The molecule has 0 radical (unpaired) electrons. The van der Waals surface area contributed by atoms with Crippen LogP contribution in [0.1, 0.15) is 18.4 Å². The average molecular weight is 384 g/mol. The highest BCUT2D eigenvalue weighted by atomic mass is 19.1. The summed E-state index contributed by atoms with van der Waals surface area (Å²) in [6.07, 6.45) is 2.21. The lowest BCUT2D eigenvalue weighted by Gasteiger charge is -2.33. The number of benzene rings is 2. The lowest BCUT2D eigenvalue weighted by molar-refractivity contribution is -0.132. The molecule has 1 aliphatic rings. The molecule has 7 heteroatoms. The summed E-state index contributed by atoms with van der Waals surface area (Å²) >= 11 is 0. The summed E-state index contributed by atoms with van der Waals surface area (Å²) in [4.78, 5) is 26.4. The molecule has 1 fully saturated rings. The zero-order chi connectivity index (χ0) is 19.9. The number of piperidine rings is 1. The maximum atomic E-state index is 13.2. The third-order valence-electron chi connectivity index (χ3n) is 4.84. The van der Waals surface area contributed by atoms with E-state index in [1.54, 1.807) is 18.2 Å². The minimum absolute atomic E-state index is 0.0821. The van der Waals surface area contributed by atoms with E-state index in [1.165, 1.54) is 18.2 Å². The lowest BCUT2D eigenvalue weighted by Crippen LogP contribution is -2.44. The van der Waals surface area contributed by atoms with Gasteiger partial charge in [-0.05, 0) is 54.7 Å². The molecule has 6 nitrogen and oxygen atoms in total. The maximum Gasteiger partial charge on any atom is 0.319 e. The molecular formula is C21H25FN4O2. The molecule has 3 rings (SSSR count). The normalized spacial score (nSPS) is 16.5. The Morgan fingerprint density at radius 3 is 2.71 bits per heavy atom. The van der Waals surface area contributed by atoms with E-state index in [0.29, 0.717) is 30.9 Å². The van der Waals surface area contributed by atoms with E-state index in [1.807, 2.05) is 17.0 Å². The van der Waals surface area contributed by atoms with Gasteiger partial charge < -0.3 is 21.3 Å². The summed E-state index contributed by atoms with van der Waals surface area (Å²) in [6.45, 7) is 1.82. The first kappa shape index (κ1) is 19.7. The smallest absolute Gasteiger partial charge is 0.319 e. The van der Waals surface area contributed by atoms with E-state index in [2.05, 4.69) is 10.6 Å². The van der Waals surface area contributed by atoms with Crippen molar-refractivity contribution in [1.82, 2.24) is 10.2 Å². The molecule has 4 N–H and O–H groups in total. The average Bonchev–Trinajstić information content (AvgIpc) is 2.68. The van der Waals surface area contributed by atoms with Gasteiger partial charge in [-0.15, -0.1) is 0 Å². The predicted octanol–water partition coefficient (Wildman–Crippen LogP) is 3.01. The summed E-state index contributed by atoms with van der Waals surface area (Å²) in [5.74, 6) is -0.124. The van der Waals surface area contributed by atoms with Crippen molar-refractivity contribution in [2.24, 2.45) is 5.92 Å². The van der Waals surface area contributed by atoms with Gasteiger partial charge in [0.05, 0.1) is 6.42 Å². The van der Waals surface area contributed by atoms with Crippen LogP contribution in [0.25, 0.3) is 0 Å². The van der Waals surface area contributed by atoms with E-state index in [0.717, 1.165) is 24.9 Å². The Bertz CT molecular complexity index is 825. The van der Waals surface area contributed by atoms with Crippen LogP contribution in [0.3, 0.4) is 0 Å². The fourth-order valence-corrected chi connectivity index (χ4v) is 3.36. The number of hydrogen-bond acceptors (Lipinski definition) is 3. The quantitative estimate of drug-likeness (QED) is 0.693. The first-order valence-corrected chi connectivity index (χ1v) is 9.42. The summed E-state index contributed by atoms with van der Waals surface area (Å²) < 4.78 is 13.2. The maximum absolute atomic E-state index is 13.2. The van der Waals surface area contributed by atoms with Gasteiger partial charge in [-0.2, -0.15) is 0 Å². The molecule has 0 spiro atoms. The Labute approximate surface area is 163 Å². The lowest BCUT2D eigenvalue weighted by atomic mass is 9.97. The van der Waals surface area contributed by atoms with Crippen LogP contribution in [0.5, 0.6) is 0 Å². The van der Waals surface area contributed by atoms with Crippen LogP contribution in [0.15, 0.2) is 48.5 Å². The number of carbonyl (C=O) groups excluding carboxylic acids is 2. The zero-order valence-corrected chi connectivity index (χ0v) is 15.7. The van der Waals surface area contributed by atoms with Crippen LogP contribution in [0.4, 0.5) is 20.6 Å². The minimum atomic E-state index is -0.402. The number of anilines is 2. The topological polar surface area (TPSA) is 87.5 Å². The Balaban J connectivity index is 1.45. The number of halogens is 1. The molecular weight excluding hydrogens is 359 g/mol. The van der Waals surface area contributed by atoms with Gasteiger partial charge in [0.15, 0.2) is 0 Å². The molecule has 0 aromatic heterocycles. The van der Waals surface area contributed by atoms with Gasteiger partial charge in [-0.1, -0.05) is 18.2 Å². The number of carbonyl (C=O) groups is 2. The second-order valence-electron chi connectivity index (χ2n) is 7.11. The molecule has 1 atom stereocenters. The molecule has 2 aromatic carbocycles. The summed E-state index contributed by atoms with van der Waals surface area (Å²) in [5, 5.41) is 5.42. The fourth-order valence-electron chi connectivity index (χ4n) is 3.36. The van der Waals surface area contributed by atoms with Crippen LogP contribution < -0.4 is 16.4 Å². The second-order valence-corrected chi connectivity index (χ2v) is 7.11. The van der Waals surface area contributed by atoms with Crippen LogP contribution in [-0.4, -0.2) is 36.5 Å². The van der Waals surface area contributed by atoms with E-state index < -0.39 is 5.82 Å². The minimum Gasteiger partial charge on any atom is -0.399 e. The number of hydrogen-bond donors (Lipinski definition) is 3. The van der Waals surface area contributed by atoms with Gasteiger partial charge in [0, 0.05) is 31.0 Å². The molecule has 2 aromatic rings. The Morgan fingerprint density at radius 1 is 1.18 bits per heavy atom. The monoisotopic (exact) mass is 384 g/mol. The Morgan fingerprint density at radius 2 is 1.96 bits per heavy atom. The number of urea groups is 1. The SMILES string of the molecule is Nc1ccc(CC(=O)N2CCCC(CNC(=O)Nc3cccc(F)c3)C2)cc1. The number of rotatable bonds is 5. The van der Waals surface area contributed by atoms with Crippen molar-refractivity contribution in [3.05, 3.63) is 59.9 Å². The third kappa shape index (κ3) is 5.70. The van der Waals surface area contributed by atoms with Gasteiger partial charge in [-0.25, -0.2) is 9.18 Å². The number of amides is 3. The molecule has 148 valence electrons. The first-order valence-electron chi connectivity index (χ1n) is 9.42. The van der Waals surface area contributed by atoms with Crippen molar-refractivity contribution in [1.29, 1.82) is 0 Å². The van der Waals surface area contributed by atoms with E-state index in [4.69, 9.17) is 5.73 Å². The van der Waals surface area contributed by atoms with Crippen molar-refractivity contribution in [3.63, 3.8) is 0 Å². The van der Waals surface area contributed by atoms with Crippen LogP contribution in [0.2, 0.25) is 0 Å². The highest BCUT2D eigenvalue weighted by Crippen LogP contribution is 2.17. The Kier molecular flexibility index (Phi) is 6.47. The van der Waals surface area contributed by atoms with Crippen molar-refractivity contribution in [2.75, 3.05) is 30.7 Å². The molecule has 1 unspecified atom stereocenters. The Hall–Kier alpha value is -3.09. The molecule has 28 heavy (non-hydrogen) atoms. The van der Waals surface area contributed by atoms with Crippen LogP contribution in [-0.2, 0) is 11.2 Å². The van der Waals surface area contributed by atoms with Crippen LogP contribution in [0, 0.1) is 11.7 Å². The van der Waals surface area contributed by atoms with Crippen molar-refractivity contribution in [2.45, 2.75) is 19.3 Å². The van der Waals surface area contributed by atoms with Gasteiger partial charge in [0.25, 0.3) is 0 Å². The number of likely N-dealkylation sites (tertiary alicyclic amines) is 1. The van der Waals surface area contributed by atoms with Gasteiger partial charge in [0.1, 0.15) is 5.82 Å². The van der Waals surface area contributed by atoms with Crippen molar-refractivity contribution in [3.8, 4) is 0 Å². The molecule has 0 saturated carbocycles. The summed E-state index contributed by atoms with van der Waals surface area (Å²) in [7, 11) is 0. The predicted molar refractivity (Wildman–Crippen MR) is 107 cm³/mol. The zero-order valence-electron chi connectivity index (χ0n) is 15.7. The van der Waals surface area contributed by atoms with E-state index in [9.17, 15) is 14.0 Å². The van der Waals surface area contributed by atoms with Crippen LogP contribution >= 0.6 is 0 Å². The highest BCUT2D eigenvalue weighted by Gasteiger charge is 2.24. The number of nitrogens with zero attached hydrogens (tertiary/aromatic N) is 1. The van der Waals surface area contributed by atoms with Gasteiger partial charge >= 0.3 is 6.03 Å². The number of nitrogens with two attached hydrogens (primary N) is 1. The first-order chi connectivity index (χ1) is 13.5. The van der Waals surface area contributed by atoms with Gasteiger partial charge in [-0.3, -0.25) is 4.79 Å². The second kappa shape index (κ2) is 9.21. The molecule has 1 heterocycles. The van der Waals surface area contributed by atoms with Crippen molar-refractivity contribution < 1.29 is 14.0 Å².